The van der Waals surface area contributed by atoms with Crippen molar-refractivity contribution in [3.8, 4) is 0 Å². The topological polar surface area (TPSA) is 55.2 Å². The first-order chi connectivity index (χ1) is 9.24. The molecule has 0 bridgehead atoms. The second-order valence-corrected chi connectivity index (χ2v) is 4.42. The molecule has 0 atom stereocenters. The third-order valence-electron chi connectivity index (χ3n) is 3.17. The summed E-state index contributed by atoms with van der Waals surface area (Å²) in [6.45, 7) is 0.700. The number of anilines is 1. The summed E-state index contributed by atoms with van der Waals surface area (Å²) in [6.07, 6.45) is 2.06. The van der Waals surface area contributed by atoms with Gasteiger partial charge in [0.2, 0.25) is 0 Å². The Morgan fingerprint density at radius 1 is 1.16 bits per heavy atom. The summed E-state index contributed by atoms with van der Waals surface area (Å²) in [5, 5.41) is 14.1. The van der Waals surface area contributed by atoms with Crippen LogP contribution in [0.3, 0.4) is 0 Å². The molecule has 2 aromatic carbocycles. The molecule has 0 spiro atoms. The van der Waals surface area contributed by atoms with E-state index in [1.165, 1.54) is 6.07 Å². The molecule has 0 aliphatic carbocycles. The van der Waals surface area contributed by atoms with E-state index in [0.717, 1.165) is 22.4 Å². The smallest absolute Gasteiger partial charge is 0.270 e. The van der Waals surface area contributed by atoms with Crippen LogP contribution in [-0.4, -0.2) is 11.5 Å². The van der Waals surface area contributed by atoms with Gasteiger partial charge in [0.15, 0.2) is 0 Å². The molecule has 3 rings (SSSR count). The number of fused-ring (bicyclic) bond motifs is 1. The van der Waals surface area contributed by atoms with Gasteiger partial charge in [0.25, 0.3) is 5.69 Å². The van der Waals surface area contributed by atoms with Crippen LogP contribution in [0.25, 0.3) is 11.6 Å². The maximum Gasteiger partial charge on any atom is 0.270 e. The standard InChI is InChI=1S/C15H12N2O2/c18-17(19)13-6-7-15-14(9-13)12(10-16-15)8-11-4-2-1-3-5-11/h1-9,16H,10H2. The zero-order valence-electron chi connectivity index (χ0n) is 10.2. The van der Waals surface area contributed by atoms with Crippen LogP contribution in [0.15, 0.2) is 48.5 Å². The van der Waals surface area contributed by atoms with Gasteiger partial charge in [-0.15, -0.1) is 0 Å². The van der Waals surface area contributed by atoms with Crippen molar-refractivity contribution >= 4 is 23.0 Å². The lowest BCUT2D eigenvalue weighted by Crippen LogP contribution is -1.91. The summed E-state index contributed by atoms with van der Waals surface area (Å²) in [5.41, 5.74) is 4.16. The van der Waals surface area contributed by atoms with Gasteiger partial charge in [0, 0.05) is 29.9 Å². The maximum atomic E-state index is 10.8. The fraction of sp³-hybridized carbons (Fsp3) is 0.0667. The normalized spacial score (nSPS) is 15.1. The Bertz CT molecular complexity index is 663. The number of nitro groups is 1. The van der Waals surface area contributed by atoms with Gasteiger partial charge in [0.1, 0.15) is 0 Å². The van der Waals surface area contributed by atoms with E-state index in [1.807, 2.05) is 30.3 Å². The van der Waals surface area contributed by atoms with Gasteiger partial charge in [-0.1, -0.05) is 30.3 Å². The molecule has 0 saturated carbocycles. The van der Waals surface area contributed by atoms with Crippen LogP contribution in [0.2, 0.25) is 0 Å². The molecule has 1 aliphatic rings. The lowest BCUT2D eigenvalue weighted by atomic mass is 10.0. The second-order valence-electron chi connectivity index (χ2n) is 4.42. The van der Waals surface area contributed by atoms with Gasteiger partial charge < -0.3 is 5.32 Å². The molecule has 94 valence electrons. The lowest BCUT2D eigenvalue weighted by Gasteiger charge is -2.00. The number of benzene rings is 2. The van der Waals surface area contributed by atoms with Gasteiger partial charge in [0.05, 0.1) is 4.92 Å². The van der Waals surface area contributed by atoms with Crippen molar-refractivity contribution < 1.29 is 4.92 Å². The van der Waals surface area contributed by atoms with Crippen LogP contribution in [-0.2, 0) is 0 Å². The Morgan fingerprint density at radius 3 is 2.68 bits per heavy atom. The quantitative estimate of drug-likeness (QED) is 0.656. The van der Waals surface area contributed by atoms with E-state index >= 15 is 0 Å². The molecule has 0 amide bonds. The highest BCUT2D eigenvalue weighted by Gasteiger charge is 2.18. The van der Waals surface area contributed by atoms with E-state index < -0.39 is 0 Å². The zero-order chi connectivity index (χ0) is 13.2. The zero-order valence-corrected chi connectivity index (χ0v) is 10.2. The first-order valence-electron chi connectivity index (χ1n) is 6.02. The molecule has 4 heteroatoms. The lowest BCUT2D eigenvalue weighted by molar-refractivity contribution is -0.384. The minimum atomic E-state index is -0.362. The highest BCUT2D eigenvalue weighted by atomic mass is 16.6. The van der Waals surface area contributed by atoms with Crippen molar-refractivity contribution in [2.75, 3.05) is 11.9 Å². The van der Waals surface area contributed by atoms with Crippen LogP contribution >= 0.6 is 0 Å². The molecular weight excluding hydrogens is 240 g/mol. The van der Waals surface area contributed by atoms with Crippen molar-refractivity contribution in [1.29, 1.82) is 0 Å². The van der Waals surface area contributed by atoms with Crippen LogP contribution in [0.1, 0.15) is 11.1 Å². The first kappa shape index (κ1) is 11.5. The highest BCUT2D eigenvalue weighted by molar-refractivity contribution is 5.93. The highest BCUT2D eigenvalue weighted by Crippen LogP contribution is 2.34. The summed E-state index contributed by atoms with van der Waals surface area (Å²) in [4.78, 5) is 10.5. The predicted octanol–water partition coefficient (Wildman–Crippen LogP) is 3.56. The molecule has 1 N–H and O–H groups in total. The third kappa shape index (κ3) is 2.20. The molecule has 0 unspecified atom stereocenters. The largest absolute Gasteiger partial charge is 0.380 e. The molecule has 1 heterocycles. The molecular formula is C15H12N2O2. The summed E-state index contributed by atoms with van der Waals surface area (Å²) in [7, 11) is 0. The number of nitro benzene ring substituents is 1. The van der Waals surface area contributed by atoms with Gasteiger partial charge in [-0.2, -0.15) is 0 Å². The Balaban J connectivity index is 2.04. The maximum absolute atomic E-state index is 10.8. The van der Waals surface area contributed by atoms with Crippen LogP contribution < -0.4 is 5.32 Å². The molecule has 1 aliphatic heterocycles. The minimum absolute atomic E-state index is 0.126. The molecule has 2 aromatic rings. The Morgan fingerprint density at radius 2 is 1.95 bits per heavy atom. The Hall–Kier alpha value is -2.62. The minimum Gasteiger partial charge on any atom is -0.380 e. The number of hydrogen-bond acceptors (Lipinski definition) is 3. The summed E-state index contributed by atoms with van der Waals surface area (Å²) in [5.74, 6) is 0. The predicted molar refractivity (Wildman–Crippen MR) is 75.9 cm³/mol. The molecule has 0 fully saturated rings. The van der Waals surface area contributed by atoms with Crippen LogP contribution in [0, 0.1) is 10.1 Å². The monoisotopic (exact) mass is 252 g/mol. The Labute approximate surface area is 110 Å². The van der Waals surface area contributed by atoms with Crippen molar-refractivity contribution in [3.63, 3.8) is 0 Å². The van der Waals surface area contributed by atoms with E-state index in [-0.39, 0.29) is 10.6 Å². The van der Waals surface area contributed by atoms with Crippen molar-refractivity contribution in [1.82, 2.24) is 0 Å². The molecule has 0 aromatic heterocycles. The van der Waals surface area contributed by atoms with Gasteiger partial charge >= 0.3 is 0 Å². The summed E-state index contributed by atoms with van der Waals surface area (Å²) >= 11 is 0. The van der Waals surface area contributed by atoms with Crippen molar-refractivity contribution in [2.24, 2.45) is 0 Å². The molecule has 0 radical (unpaired) electrons. The number of non-ortho nitro benzene ring substituents is 1. The van der Waals surface area contributed by atoms with Crippen molar-refractivity contribution in [3.05, 3.63) is 69.8 Å². The summed E-state index contributed by atoms with van der Waals surface area (Å²) in [6, 6.07) is 14.9. The van der Waals surface area contributed by atoms with E-state index in [2.05, 4.69) is 11.4 Å². The van der Waals surface area contributed by atoms with Gasteiger partial charge in [-0.05, 0) is 23.3 Å². The molecule has 0 saturated heterocycles. The number of nitrogens with one attached hydrogen (secondary N) is 1. The Kier molecular flexibility index (Phi) is 2.76. The summed E-state index contributed by atoms with van der Waals surface area (Å²) < 4.78 is 0. The fourth-order valence-corrected chi connectivity index (χ4v) is 2.23. The number of hydrogen-bond donors (Lipinski definition) is 1. The average molecular weight is 252 g/mol. The van der Waals surface area contributed by atoms with E-state index in [9.17, 15) is 10.1 Å². The average Bonchev–Trinajstić information content (AvgIpc) is 2.82. The SMILES string of the molecule is O=[N+]([O-])c1ccc2c(c1)C(=Cc1ccccc1)CN2. The fourth-order valence-electron chi connectivity index (χ4n) is 2.23. The number of rotatable bonds is 2. The third-order valence-corrected chi connectivity index (χ3v) is 3.17. The van der Waals surface area contributed by atoms with Crippen LogP contribution in [0.5, 0.6) is 0 Å². The second kappa shape index (κ2) is 4.57. The molecule has 19 heavy (non-hydrogen) atoms. The first-order valence-corrected chi connectivity index (χ1v) is 6.02. The van der Waals surface area contributed by atoms with Gasteiger partial charge in [-0.3, -0.25) is 10.1 Å². The van der Waals surface area contributed by atoms with Crippen molar-refractivity contribution in [2.45, 2.75) is 0 Å². The number of nitrogens with zero attached hydrogens (tertiary/aromatic N) is 1. The van der Waals surface area contributed by atoms with Gasteiger partial charge in [-0.25, -0.2) is 0 Å². The molecule has 4 nitrogen and oxygen atoms in total. The van der Waals surface area contributed by atoms with E-state index in [1.54, 1.807) is 12.1 Å². The van der Waals surface area contributed by atoms with E-state index in [4.69, 9.17) is 0 Å². The van der Waals surface area contributed by atoms with Crippen LogP contribution in [0.4, 0.5) is 11.4 Å². The van der Waals surface area contributed by atoms with E-state index in [0.29, 0.717) is 6.54 Å².